The molecule has 3 nitrogen and oxygen atoms in total. The van der Waals surface area contributed by atoms with Crippen molar-refractivity contribution in [3.8, 4) is 0 Å². The van der Waals surface area contributed by atoms with E-state index >= 15 is 0 Å². The molecule has 0 aliphatic rings. The molecule has 0 spiro atoms. The molecule has 0 aromatic carbocycles. The lowest BCUT2D eigenvalue weighted by Crippen LogP contribution is -2.04. The molecule has 0 aromatic rings. The first kappa shape index (κ1) is 8.61. The average Bonchev–Trinajstić information content (AvgIpc) is 1.65. The Hall–Kier alpha value is 0.610. The standard InChI is InChI=1S/C2H6O3S3/c3-8(4)5-2(7)1-6/h2,6-8H,1H2. The third-order valence-electron chi connectivity index (χ3n) is 0.364. The lowest BCUT2D eigenvalue weighted by atomic mass is 10.9. The summed E-state index contributed by atoms with van der Waals surface area (Å²) in [6, 6.07) is 0. The predicted octanol–water partition coefficient (Wildman–Crippen LogP) is -0.285. The van der Waals surface area contributed by atoms with Gasteiger partial charge in [0.25, 0.3) is 11.0 Å². The Kier molecular flexibility index (Phi) is 4.83. The van der Waals surface area contributed by atoms with Crippen molar-refractivity contribution in [3.63, 3.8) is 0 Å². The Balaban J connectivity index is 3.39. The van der Waals surface area contributed by atoms with Crippen LogP contribution in [0.15, 0.2) is 0 Å². The topological polar surface area (TPSA) is 43.4 Å². The number of hydrogen-bond acceptors (Lipinski definition) is 5. The van der Waals surface area contributed by atoms with Crippen molar-refractivity contribution in [1.29, 1.82) is 0 Å². The molecule has 0 saturated heterocycles. The number of rotatable bonds is 3. The van der Waals surface area contributed by atoms with Crippen LogP contribution < -0.4 is 0 Å². The van der Waals surface area contributed by atoms with Crippen molar-refractivity contribution >= 4 is 36.2 Å². The van der Waals surface area contributed by atoms with Crippen molar-refractivity contribution in [2.45, 2.75) is 5.44 Å². The SMILES string of the molecule is O=[SH](=O)OC(S)CS. The molecule has 0 N–H and O–H groups in total. The van der Waals surface area contributed by atoms with Gasteiger partial charge in [-0.05, 0) is 0 Å². The summed E-state index contributed by atoms with van der Waals surface area (Å²) in [5.41, 5.74) is -0.612. The maximum absolute atomic E-state index is 9.70. The van der Waals surface area contributed by atoms with E-state index in [1.165, 1.54) is 0 Å². The van der Waals surface area contributed by atoms with Gasteiger partial charge in [0.05, 0.1) is 0 Å². The summed E-state index contributed by atoms with van der Waals surface area (Å²) in [6.07, 6.45) is 0. The minimum absolute atomic E-state index is 0.284. The first-order chi connectivity index (χ1) is 3.66. The summed E-state index contributed by atoms with van der Waals surface area (Å²) < 4.78 is 23.5. The number of thiol groups is 3. The molecule has 0 fully saturated rings. The molecule has 0 bridgehead atoms. The lowest BCUT2D eigenvalue weighted by molar-refractivity contribution is 0.331. The first-order valence-electron chi connectivity index (χ1n) is 1.77. The molecule has 8 heavy (non-hydrogen) atoms. The largest absolute Gasteiger partial charge is 0.258 e. The molecule has 0 amide bonds. The smallest absolute Gasteiger partial charge is 0.257 e. The van der Waals surface area contributed by atoms with Crippen LogP contribution in [0.3, 0.4) is 0 Å². The molecule has 0 heterocycles. The van der Waals surface area contributed by atoms with Gasteiger partial charge in [-0.3, -0.25) is 4.18 Å². The summed E-state index contributed by atoms with van der Waals surface area (Å²) in [5.74, 6) is 0.284. The molecular formula is C2H6O3S3. The van der Waals surface area contributed by atoms with Gasteiger partial charge >= 0.3 is 0 Å². The second-order valence-corrected chi connectivity index (χ2v) is 2.57. The Morgan fingerprint density at radius 1 is 1.62 bits per heavy atom. The molecule has 1 atom stereocenters. The molecule has 0 rings (SSSR count). The number of hydrogen-bond donors (Lipinski definition) is 3. The summed E-state index contributed by atoms with van der Waals surface area (Å²) in [4.78, 5) is 0. The fourth-order valence-corrected chi connectivity index (χ4v) is 0.829. The highest BCUT2D eigenvalue weighted by Gasteiger charge is 1.98. The van der Waals surface area contributed by atoms with Gasteiger partial charge in [-0.25, -0.2) is 8.42 Å². The zero-order valence-corrected chi connectivity index (χ0v) is 6.53. The van der Waals surface area contributed by atoms with Crippen LogP contribution in [0.4, 0.5) is 0 Å². The van der Waals surface area contributed by atoms with Gasteiger partial charge < -0.3 is 0 Å². The van der Waals surface area contributed by atoms with Crippen molar-refractivity contribution in [3.05, 3.63) is 0 Å². The first-order valence-corrected chi connectivity index (χ1v) is 4.01. The molecule has 50 valence electrons. The van der Waals surface area contributed by atoms with E-state index < -0.39 is 16.4 Å². The van der Waals surface area contributed by atoms with Crippen LogP contribution in [0.2, 0.25) is 0 Å². The summed E-state index contributed by atoms with van der Waals surface area (Å²) in [6.45, 7) is 0. The third kappa shape index (κ3) is 4.76. The summed E-state index contributed by atoms with van der Waals surface area (Å²) in [5, 5.41) is 0. The zero-order chi connectivity index (χ0) is 6.57. The van der Waals surface area contributed by atoms with Gasteiger partial charge in [0.1, 0.15) is 5.44 Å². The highest BCUT2D eigenvalue weighted by atomic mass is 32.2. The summed E-state index contributed by atoms with van der Waals surface area (Å²) >= 11 is 7.41. The normalized spacial score (nSPS) is 14.4. The van der Waals surface area contributed by atoms with E-state index in [-0.39, 0.29) is 5.75 Å². The molecule has 0 saturated carbocycles. The highest BCUT2D eigenvalue weighted by Crippen LogP contribution is 1.98. The minimum atomic E-state index is -2.77. The van der Waals surface area contributed by atoms with Crippen molar-refractivity contribution in [2.75, 3.05) is 5.75 Å². The Morgan fingerprint density at radius 2 is 2.12 bits per heavy atom. The van der Waals surface area contributed by atoms with Crippen molar-refractivity contribution in [1.82, 2.24) is 0 Å². The van der Waals surface area contributed by atoms with E-state index in [9.17, 15) is 8.42 Å². The summed E-state index contributed by atoms with van der Waals surface area (Å²) in [7, 11) is -2.77. The van der Waals surface area contributed by atoms with Crippen LogP contribution >= 0.6 is 25.3 Å². The van der Waals surface area contributed by atoms with Crippen LogP contribution in [0.25, 0.3) is 0 Å². The molecular weight excluding hydrogens is 168 g/mol. The quantitative estimate of drug-likeness (QED) is 0.407. The molecule has 0 aliphatic carbocycles. The maximum atomic E-state index is 9.70. The van der Waals surface area contributed by atoms with Crippen molar-refractivity contribution < 1.29 is 12.6 Å². The molecule has 0 aliphatic heterocycles. The van der Waals surface area contributed by atoms with Crippen molar-refractivity contribution in [2.24, 2.45) is 0 Å². The molecule has 6 heteroatoms. The monoisotopic (exact) mass is 174 g/mol. The predicted molar refractivity (Wildman–Crippen MR) is 38.0 cm³/mol. The highest BCUT2D eigenvalue weighted by molar-refractivity contribution is 7.85. The van der Waals surface area contributed by atoms with E-state index in [2.05, 4.69) is 29.4 Å². The Morgan fingerprint density at radius 3 is 2.25 bits per heavy atom. The Labute approximate surface area is 60.4 Å². The second-order valence-electron chi connectivity index (χ2n) is 0.966. The fraction of sp³-hybridized carbons (Fsp3) is 1.00. The van der Waals surface area contributed by atoms with E-state index in [4.69, 9.17) is 0 Å². The fourth-order valence-electron chi connectivity index (χ4n) is 0.133. The minimum Gasteiger partial charge on any atom is -0.257 e. The Bertz CT molecular complexity index is 112. The third-order valence-corrected chi connectivity index (χ3v) is 1.86. The van der Waals surface area contributed by atoms with Crippen LogP contribution in [-0.2, 0) is 15.2 Å². The van der Waals surface area contributed by atoms with Gasteiger partial charge in [-0.2, -0.15) is 12.6 Å². The van der Waals surface area contributed by atoms with Gasteiger partial charge in [0.15, 0.2) is 0 Å². The van der Waals surface area contributed by atoms with Crippen LogP contribution in [-0.4, -0.2) is 19.6 Å². The van der Waals surface area contributed by atoms with E-state index in [1.807, 2.05) is 0 Å². The zero-order valence-electron chi connectivity index (χ0n) is 3.85. The lowest BCUT2D eigenvalue weighted by Gasteiger charge is -1.98. The van der Waals surface area contributed by atoms with E-state index in [0.29, 0.717) is 0 Å². The van der Waals surface area contributed by atoms with Gasteiger partial charge in [0.2, 0.25) is 0 Å². The molecule has 0 radical (unpaired) electrons. The van der Waals surface area contributed by atoms with Crippen LogP contribution in [0, 0.1) is 0 Å². The van der Waals surface area contributed by atoms with Gasteiger partial charge in [-0.15, -0.1) is 12.6 Å². The van der Waals surface area contributed by atoms with E-state index in [1.54, 1.807) is 0 Å². The second kappa shape index (κ2) is 4.49. The average molecular weight is 174 g/mol. The maximum Gasteiger partial charge on any atom is 0.258 e. The van der Waals surface area contributed by atoms with Crippen LogP contribution in [0.5, 0.6) is 0 Å². The van der Waals surface area contributed by atoms with E-state index in [0.717, 1.165) is 0 Å². The van der Waals surface area contributed by atoms with Gasteiger partial charge in [-0.1, -0.05) is 0 Å². The molecule has 1 unspecified atom stereocenters. The van der Waals surface area contributed by atoms with Crippen LogP contribution in [0.1, 0.15) is 0 Å². The van der Waals surface area contributed by atoms with Gasteiger partial charge in [0, 0.05) is 5.75 Å². The molecule has 0 aromatic heterocycles.